The third kappa shape index (κ3) is 13.6. The van der Waals surface area contributed by atoms with Gasteiger partial charge in [-0.2, -0.15) is 0 Å². The van der Waals surface area contributed by atoms with E-state index in [9.17, 15) is 31.5 Å². The second-order valence-electron chi connectivity index (χ2n) is 14.2. The maximum absolute atomic E-state index is 12.9. The summed E-state index contributed by atoms with van der Waals surface area (Å²) in [6.45, 7) is 4.17. The van der Waals surface area contributed by atoms with Crippen molar-refractivity contribution in [2.24, 2.45) is 0 Å². The number of halogens is 2. The second kappa shape index (κ2) is 23.9. The number of esters is 1. The van der Waals surface area contributed by atoms with Crippen molar-refractivity contribution in [2.75, 3.05) is 39.4 Å². The van der Waals surface area contributed by atoms with Gasteiger partial charge in [-0.15, -0.1) is 12.8 Å². The summed E-state index contributed by atoms with van der Waals surface area (Å²) in [5, 5.41) is 13.0. The van der Waals surface area contributed by atoms with Crippen LogP contribution in [0.2, 0.25) is 10.0 Å². The Morgan fingerprint density at radius 1 is 0.631 bits per heavy atom. The summed E-state index contributed by atoms with van der Waals surface area (Å²) < 4.78 is 61.6. The fourth-order valence-electron chi connectivity index (χ4n) is 6.83. The number of carboxylic acids is 1. The molecule has 334 valence electrons. The Morgan fingerprint density at radius 3 is 1.32 bits per heavy atom. The van der Waals surface area contributed by atoms with Crippen LogP contribution in [-0.4, -0.2) is 71.6 Å². The van der Waals surface area contributed by atoms with Gasteiger partial charge in [-0.05, 0) is 86.6 Å². The van der Waals surface area contributed by atoms with Crippen LogP contribution in [0.5, 0.6) is 0 Å². The number of carbonyl (C=O) groups excluding carboxylic acids is 1. The molecular formula is C47H45Cl2LiN4O9S2. The van der Waals surface area contributed by atoms with E-state index in [2.05, 4.69) is 21.3 Å². The summed E-state index contributed by atoms with van der Waals surface area (Å²) in [7, 11) is -6.30. The van der Waals surface area contributed by atoms with Crippen LogP contribution in [0.15, 0.2) is 131 Å². The van der Waals surface area contributed by atoms with Gasteiger partial charge in [0.2, 0.25) is 0 Å². The molecule has 0 spiro atoms. The number of fused-ring (bicyclic) bond motifs is 2. The van der Waals surface area contributed by atoms with E-state index in [-0.39, 0.29) is 78.1 Å². The first-order valence-electron chi connectivity index (χ1n) is 19.3. The van der Waals surface area contributed by atoms with Crippen LogP contribution < -0.4 is 38.1 Å². The third-order valence-electron chi connectivity index (χ3n) is 9.90. The molecule has 0 unspecified atom stereocenters. The quantitative estimate of drug-likeness (QED) is 0.0577. The van der Waals surface area contributed by atoms with E-state index >= 15 is 0 Å². The van der Waals surface area contributed by atoms with E-state index in [0.717, 1.165) is 22.1 Å². The maximum atomic E-state index is 12.9. The Hall–Kier alpha value is -5.86. The number of carboxylic acid groups (broad SMARTS) is 1. The fourth-order valence-corrected chi connectivity index (χ4v) is 9.24. The number of sulfonamides is 2. The predicted molar refractivity (Wildman–Crippen MR) is 255 cm³/mol. The molecule has 0 saturated carbocycles. The SMILES string of the molecule is C#CCN(c1ccc(NS(=O)(=O)c2ccc(Cl)cc2)c2ccccc12)[C@@H](C)CC(=O)O.C#CCN(c1ccc(NS(=O)(=O)c2ccc(Cl)cc2)c2ccccc12)[C@@H](C)CC(=O)OC.[Li+].[OH-]. The van der Waals surface area contributed by atoms with Crippen molar-refractivity contribution in [1.82, 2.24) is 0 Å². The molecule has 0 radical (unpaired) electrons. The van der Waals surface area contributed by atoms with E-state index in [0.29, 0.717) is 32.2 Å². The molecule has 6 rings (SSSR count). The first-order chi connectivity index (χ1) is 30.0. The Balaban J connectivity index is 0.000000335. The molecule has 0 aromatic heterocycles. The molecule has 0 bridgehead atoms. The zero-order chi connectivity index (χ0) is 45.9. The molecule has 0 fully saturated rings. The number of aliphatic carboxylic acids is 1. The van der Waals surface area contributed by atoms with Crippen LogP contribution in [0.4, 0.5) is 22.7 Å². The molecule has 0 aliphatic carbocycles. The monoisotopic (exact) mass is 950 g/mol. The number of carbonyl (C=O) groups is 2. The Bertz CT molecular complexity index is 2930. The van der Waals surface area contributed by atoms with Crippen molar-refractivity contribution in [3.63, 3.8) is 0 Å². The van der Waals surface area contributed by atoms with E-state index < -0.39 is 26.0 Å². The van der Waals surface area contributed by atoms with Gasteiger partial charge in [-0.3, -0.25) is 19.0 Å². The van der Waals surface area contributed by atoms with Gasteiger partial charge in [0.1, 0.15) is 0 Å². The van der Waals surface area contributed by atoms with Crippen LogP contribution in [0, 0.1) is 24.7 Å². The summed E-state index contributed by atoms with van der Waals surface area (Å²) in [6, 6.07) is 32.9. The van der Waals surface area contributed by atoms with Crippen LogP contribution in [0.1, 0.15) is 26.7 Å². The number of hydrogen-bond donors (Lipinski definition) is 3. The minimum atomic E-state index is -3.83. The van der Waals surface area contributed by atoms with Gasteiger partial charge < -0.3 is 25.1 Å². The first-order valence-corrected chi connectivity index (χ1v) is 23.0. The maximum Gasteiger partial charge on any atom is 1.00 e. The summed E-state index contributed by atoms with van der Waals surface area (Å²) >= 11 is 11.7. The molecule has 0 saturated heterocycles. The standard InChI is InChI=1S/C24H23ClN2O4S.C23H21ClN2O4S.Li.H2O/c1-4-15-27(17(2)16-24(28)31-3)23-14-13-22(20-7-5-6-8-21(20)23)26-32(29,30)19-11-9-18(25)10-12-19;1-3-14-26(16(2)15-23(27)28)22-13-12-21(19-6-4-5-7-20(19)22)25-31(29,30)18-10-8-17(24)9-11-18;;/h1,5-14,17,26H,15-16H2,2-3H3;1,4-13,16,25H,14-15H2,2H3,(H,27,28);;1H2/q;;+1;/p-1/t17-;16-;;/m00../s1. The van der Waals surface area contributed by atoms with Crippen LogP contribution in [-0.2, 0) is 34.4 Å². The fraction of sp³-hybridized carbons (Fsp3) is 0.191. The van der Waals surface area contributed by atoms with Crippen LogP contribution in [0.3, 0.4) is 0 Å². The van der Waals surface area contributed by atoms with Gasteiger partial charge in [0.15, 0.2) is 0 Å². The zero-order valence-electron chi connectivity index (χ0n) is 35.9. The average molecular weight is 952 g/mol. The van der Waals surface area contributed by atoms with Crippen molar-refractivity contribution in [1.29, 1.82) is 0 Å². The normalized spacial score (nSPS) is 11.7. The average Bonchev–Trinajstić information content (AvgIpc) is 3.25. The van der Waals surface area contributed by atoms with Crippen LogP contribution in [0.25, 0.3) is 21.5 Å². The van der Waals surface area contributed by atoms with Gasteiger partial charge in [-0.1, -0.05) is 83.6 Å². The van der Waals surface area contributed by atoms with Crippen molar-refractivity contribution in [3.05, 3.63) is 131 Å². The van der Waals surface area contributed by atoms with E-state index in [1.54, 1.807) is 43.3 Å². The van der Waals surface area contributed by atoms with Crippen molar-refractivity contribution >= 4 is 99.5 Å². The summed E-state index contributed by atoms with van der Waals surface area (Å²) in [4.78, 5) is 27.0. The Morgan fingerprint density at radius 2 is 0.985 bits per heavy atom. The molecule has 6 aromatic rings. The molecule has 0 aliphatic rings. The van der Waals surface area contributed by atoms with Gasteiger partial charge in [0, 0.05) is 55.0 Å². The van der Waals surface area contributed by atoms with Crippen molar-refractivity contribution < 1.29 is 60.6 Å². The topological polar surface area (TPSA) is 192 Å². The van der Waals surface area contributed by atoms with Gasteiger partial charge in [0.25, 0.3) is 20.0 Å². The van der Waals surface area contributed by atoms with E-state index in [1.165, 1.54) is 55.6 Å². The Kier molecular flexibility index (Phi) is 19.7. The number of anilines is 4. The van der Waals surface area contributed by atoms with Crippen molar-refractivity contribution in [2.45, 2.75) is 48.6 Å². The molecule has 18 heteroatoms. The molecule has 0 amide bonds. The number of nitrogens with one attached hydrogen (secondary N) is 2. The Labute approximate surface area is 401 Å². The smallest absolute Gasteiger partial charge is 0.870 e. The number of benzene rings is 6. The predicted octanol–water partition coefficient (Wildman–Crippen LogP) is 6.11. The van der Waals surface area contributed by atoms with Crippen molar-refractivity contribution in [3.8, 4) is 24.7 Å². The number of terminal acetylenes is 2. The van der Waals surface area contributed by atoms with E-state index in [4.69, 9.17) is 40.8 Å². The molecule has 65 heavy (non-hydrogen) atoms. The number of rotatable bonds is 16. The van der Waals surface area contributed by atoms with Gasteiger partial charge >= 0.3 is 30.8 Å². The molecule has 2 atom stereocenters. The minimum Gasteiger partial charge on any atom is -0.870 e. The van der Waals surface area contributed by atoms with E-state index in [1.807, 2.05) is 53.1 Å². The first kappa shape index (κ1) is 53.5. The number of ether oxygens (including phenoxy) is 1. The summed E-state index contributed by atoms with van der Waals surface area (Å²) in [5.41, 5.74) is 2.36. The summed E-state index contributed by atoms with van der Waals surface area (Å²) in [5.74, 6) is 3.95. The molecule has 0 aliphatic heterocycles. The van der Waals surface area contributed by atoms with Gasteiger partial charge in [0.05, 0.1) is 54.2 Å². The molecule has 0 heterocycles. The van der Waals surface area contributed by atoms with Crippen LogP contribution >= 0.6 is 23.2 Å². The largest absolute Gasteiger partial charge is 1.00 e. The van der Waals surface area contributed by atoms with Gasteiger partial charge in [-0.25, -0.2) is 16.8 Å². The molecule has 4 N–H and O–H groups in total. The number of methoxy groups -OCH3 is 1. The summed E-state index contributed by atoms with van der Waals surface area (Å²) in [6.07, 6.45) is 11.2. The zero-order valence-corrected chi connectivity index (χ0v) is 39.0. The third-order valence-corrected chi connectivity index (χ3v) is 13.2. The number of nitrogens with zero attached hydrogens (tertiary/aromatic N) is 2. The minimum absolute atomic E-state index is 0. The molecule has 6 aromatic carbocycles. The number of hydrogen-bond acceptors (Lipinski definition) is 10. The second-order valence-corrected chi connectivity index (χ2v) is 18.5. The molecule has 13 nitrogen and oxygen atoms in total. The molecular weight excluding hydrogens is 907 g/mol.